The van der Waals surface area contributed by atoms with E-state index in [1.807, 2.05) is 12.2 Å². The van der Waals surface area contributed by atoms with Crippen LogP contribution in [0.5, 0.6) is 0 Å². The Morgan fingerprint density at radius 2 is 2.04 bits per heavy atom. The molecule has 0 saturated heterocycles. The van der Waals surface area contributed by atoms with E-state index in [1.54, 1.807) is 12.1 Å². The number of ether oxygens (including phenoxy) is 1. The number of anilines is 1. The van der Waals surface area contributed by atoms with E-state index in [4.69, 9.17) is 27.9 Å². The van der Waals surface area contributed by atoms with Crippen LogP contribution in [0.3, 0.4) is 0 Å². The van der Waals surface area contributed by atoms with Gasteiger partial charge in [-0.15, -0.1) is 0 Å². The van der Waals surface area contributed by atoms with Crippen molar-refractivity contribution in [2.45, 2.75) is 19.3 Å². The number of nitrogens with one attached hydrogen (secondary N) is 1. The first-order valence-corrected chi connectivity index (χ1v) is 8.92. The molecule has 1 aromatic rings. The Balaban J connectivity index is 1.73. The Kier molecular flexibility index (Phi) is 7.48. The van der Waals surface area contributed by atoms with E-state index >= 15 is 0 Å². The van der Waals surface area contributed by atoms with Crippen molar-refractivity contribution in [2.75, 3.05) is 25.5 Å². The monoisotopic (exact) mass is 398 g/mol. The average molecular weight is 399 g/mol. The second-order valence-electron chi connectivity index (χ2n) is 6.06. The molecule has 0 spiro atoms. The molecule has 2 rings (SSSR count). The molecule has 26 heavy (non-hydrogen) atoms. The molecule has 1 aliphatic rings. The van der Waals surface area contributed by atoms with Gasteiger partial charge in [0.25, 0.3) is 5.91 Å². The van der Waals surface area contributed by atoms with Gasteiger partial charge in [-0.3, -0.25) is 14.4 Å². The molecule has 0 radical (unpaired) electrons. The molecule has 1 aromatic carbocycles. The number of rotatable bonds is 7. The Morgan fingerprint density at radius 3 is 2.69 bits per heavy atom. The molecular formula is C18H20Cl2N2O4. The molecule has 1 aliphatic carbocycles. The highest BCUT2D eigenvalue weighted by Gasteiger charge is 2.18. The molecule has 0 aliphatic heterocycles. The summed E-state index contributed by atoms with van der Waals surface area (Å²) in [6.07, 6.45) is 6.18. The van der Waals surface area contributed by atoms with Gasteiger partial charge in [0, 0.05) is 12.7 Å². The highest BCUT2D eigenvalue weighted by atomic mass is 35.5. The van der Waals surface area contributed by atoms with Gasteiger partial charge in [-0.2, -0.15) is 0 Å². The molecule has 0 saturated carbocycles. The first-order valence-electron chi connectivity index (χ1n) is 8.16. The third-order valence-corrected chi connectivity index (χ3v) is 4.65. The summed E-state index contributed by atoms with van der Waals surface area (Å²) >= 11 is 11.7. The van der Waals surface area contributed by atoms with Crippen molar-refractivity contribution in [3.8, 4) is 0 Å². The highest BCUT2D eigenvalue weighted by molar-refractivity contribution is 6.42. The summed E-state index contributed by atoms with van der Waals surface area (Å²) in [6, 6.07) is 4.68. The highest BCUT2D eigenvalue weighted by Crippen LogP contribution is 2.25. The number of benzene rings is 1. The third-order valence-electron chi connectivity index (χ3n) is 3.91. The number of carbonyl (C=O) groups excluding carboxylic acids is 3. The van der Waals surface area contributed by atoms with Crippen molar-refractivity contribution in [2.24, 2.45) is 5.92 Å². The van der Waals surface area contributed by atoms with E-state index in [1.165, 1.54) is 18.0 Å². The zero-order valence-electron chi connectivity index (χ0n) is 14.3. The minimum Gasteiger partial charge on any atom is -0.456 e. The topological polar surface area (TPSA) is 75.7 Å². The zero-order chi connectivity index (χ0) is 19.1. The molecule has 0 fully saturated rings. The van der Waals surface area contributed by atoms with Crippen molar-refractivity contribution in [1.82, 2.24) is 4.90 Å². The molecule has 0 aromatic heterocycles. The van der Waals surface area contributed by atoms with Crippen LogP contribution in [0.25, 0.3) is 0 Å². The van der Waals surface area contributed by atoms with Gasteiger partial charge < -0.3 is 15.0 Å². The van der Waals surface area contributed by atoms with Crippen LogP contribution in [0.15, 0.2) is 30.4 Å². The molecule has 0 unspecified atom stereocenters. The number of esters is 1. The molecule has 0 bridgehead atoms. The Hall–Kier alpha value is -2.05. The summed E-state index contributed by atoms with van der Waals surface area (Å²) in [6.45, 7) is -0.562. The van der Waals surface area contributed by atoms with Crippen molar-refractivity contribution < 1.29 is 19.1 Å². The van der Waals surface area contributed by atoms with Gasteiger partial charge in [-0.1, -0.05) is 35.4 Å². The normalized spacial score (nSPS) is 15.6. The van der Waals surface area contributed by atoms with Gasteiger partial charge in [-0.05, 0) is 37.0 Å². The van der Waals surface area contributed by atoms with Crippen LogP contribution in [-0.4, -0.2) is 42.9 Å². The SMILES string of the molecule is CN(CC(=O)Nc1ccc(Cl)c(Cl)c1)C(=O)COC(=O)C[C@@H]1C=CCC1. The maximum atomic E-state index is 12.0. The Morgan fingerprint density at radius 1 is 1.27 bits per heavy atom. The molecule has 140 valence electrons. The number of halogens is 2. The van der Waals surface area contributed by atoms with Gasteiger partial charge in [-0.25, -0.2) is 0 Å². The van der Waals surface area contributed by atoms with Crippen LogP contribution in [0, 0.1) is 5.92 Å². The summed E-state index contributed by atoms with van der Waals surface area (Å²) in [7, 11) is 1.46. The van der Waals surface area contributed by atoms with Crippen LogP contribution >= 0.6 is 23.2 Å². The minimum atomic E-state index is -0.454. The Labute approximate surface area is 162 Å². The minimum absolute atomic E-state index is 0.179. The molecule has 2 amide bonds. The summed E-state index contributed by atoms with van der Waals surface area (Å²) in [5, 5.41) is 3.32. The lowest BCUT2D eigenvalue weighted by Crippen LogP contribution is -2.37. The first kappa shape index (κ1) is 20.3. The zero-order valence-corrected chi connectivity index (χ0v) is 15.8. The van der Waals surface area contributed by atoms with E-state index in [0.29, 0.717) is 15.7 Å². The van der Waals surface area contributed by atoms with Crippen molar-refractivity contribution in [1.29, 1.82) is 0 Å². The average Bonchev–Trinajstić information content (AvgIpc) is 3.08. The predicted octanol–water partition coefficient (Wildman–Crippen LogP) is 3.29. The first-order chi connectivity index (χ1) is 12.3. The molecular weight excluding hydrogens is 379 g/mol. The van der Waals surface area contributed by atoms with Gasteiger partial charge in [0.05, 0.1) is 23.0 Å². The summed E-state index contributed by atoms with van der Waals surface area (Å²) < 4.78 is 4.99. The number of allylic oxidation sites excluding steroid dienone is 2. The smallest absolute Gasteiger partial charge is 0.306 e. The number of nitrogens with zero attached hydrogens (tertiary/aromatic N) is 1. The quantitative estimate of drug-likeness (QED) is 0.564. The molecule has 8 heteroatoms. The lowest BCUT2D eigenvalue weighted by molar-refractivity contribution is -0.152. The fourth-order valence-electron chi connectivity index (χ4n) is 2.47. The van der Waals surface area contributed by atoms with Gasteiger partial charge in [0.1, 0.15) is 0 Å². The predicted molar refractivity (Wildman–Crippen MR) is 100 cm³/mol. The lowest BCUT2D eigenvalue weighted by Gasteiger charge is -2.17. The lowest BCUT2D eigenvalue weighted by atomic mass is 10.1. The summed E-state index contributed by atoms with van der Waals surface area (Å²) in [4.78, 5) is 36.9. The van der Waals surface area contributed by atoms with Crippen molar-refractivity contribution in [3.05, 3.63) is 40.4 Å². The number of likely N-dealkylation sites (N-methyl/N-ethyl adjacent to an activating group) is 1. The maximum absolute atomic E-state index is 12.0. The Bertz CT molecular complexity index is 721. The summed E-state index contributed by atoms with van der Waals surface area (Å²) in [5.74, 6) is -1.08. The molecule has 6 nitrogen and oxygen atoms in total. The molecule has 1 N–H and O–H groups in total. The van der Waals surface area contributed by atoms with E-state index < -0.39 is 17.8 Å². The second-order valence-corrected chi connectivity index (χ2v) is 6.87. The van der Waals surface area contributed by atoms with Crippen LogP contribution in [0.1, 0.15) is 19.3 Å². The largest absolute Gasteiger partial charge is 0.456 e. The number of hydrogen-bond donors (Lipinski definition) is 1. The molecule has 0 heterocycles. The van der Waals surface area contributed by atoms with Crippen LogP contribution < -0.4 is 5.32 Å². The number of hydrogen-bond acceptors (Lipinski definition) is 4. The second kappa shape index (κ2) is 9.59. The van der Waals surface area contributed by atoms with Gasteiger partial charge >= 0.3 is 5.97 Å². The van der Waals surface area contributed by atoms with E-state index in [2.05, 4.69) is 5.32 Å². The fourth-order valence-corrected chi connectivity index (χ4v) is 2.77. The number of amides is 2. The van der Waals surface area contributed by atoms with Gasteiger partial charge in [0.15, 0.2) is 6.61 Å². The van der Waals surface area contributed by atoms with Crippen LogP contribution in [-0.2, 0) is 19.1 Å². The third kappa shape index (κ3) is 6.35. The van der Waals surface area contributed by atoms with E-state index in [9.17, 15) is 14.4 Å². The van der Waals surface area contributed by atoms with Crippen molar-refractivity contribution in [3.63, 3.8) is 0 Å². The fraction of sp³-hybridized carbons (Fsp3) is 0.389. The summed E-state index contributed by atoms with van der Waals surface area (Å²) in [5.41, 5.74) is 0.473. The van der Waals surface area contributed by atoms with Gasteiger partial charge in [0.2, 0.25) is 5.91 Å². The molecule has 1 atom stereocenters. The van der Waals surface area contributed by atoms with Crippen LogP contribution in [0.2, 0.25) is 10.0 Å². The standard InChI is InChI=1S/C18H20Cl2N2O4/c1-22(10-16(23)21-13-6-7-14(19)15(20)9-13)17(24)11-26-18(25)8-12-4-2-3-5-12/h2,4,6-7,9,12H,3,5,8,10-11H2,1H3,(H,21,23)/t12-/m1/s1. The van der Waals surface area contributed by atoms with E-state index in [-0.39, 0.29) is 25.5 Å². The van der Waals surface area contributed by atoms with E-state index in [0.717, 1.165) is 12.8 Å². The van der Waals surface area contributed by atoms with Crippen molar-refractivity contribution >= 4 is 46.7 Å². The maximum Gasteiger partial charge on any atom is 0.306 e. The number of carbonyl (C=O) groups is 3. The van der Waals surface area contributed by atoms with Crippen LogP contribution in [0.4, 0.5) is 5.69 Å².